The van der Waals surface area contributed by atoms with Crippen LogP contribution in [0, 0.1) is 0 Å². The van der Waals surface area contributed by atoms with Crippen LogP contribution in [-0.4, -0.2) is 22.2 Å². The fourth-order valence-electron chi connectivity index (χ4n) is 1.88. The van der Waals surface area contributed by atoms with Crippen LogP contribution < -0.4 is 4.74 Å². The van der Waals surface area contributed by atoms with Crippen molar-refractivity contribution in [1.29, 1.82) is 0 Å². The van der Waals surface area contributed by atoms with Crippen LogP contribution in [0.25, 0.3) is 10.2 Å². The van der Waals surface area contributed by atoms with Gasteiger partial charge >= 0.3 is 5.97 Å². The molecule has 1 N–H and O–H groups in total. The molecule has 1 aromatic heterocycles. The largest absolute Gasteiger partial charge is 0.479 e. The molecule has 0 aliphatic rings. The predicted octanol–water partition coefficient (Wildman–Crippen LogP) is 4.05. The van der Waals surface area contributed by atoms with Gasteiger partial charge in [-0.1, -0.05) is 26.8 Å². The molecule has 1 heterocycles. The molecular weight excluding hydrogens is 274 g/mol. The van der Waals surface area contributed by atoms with Gasteiger partial charge in [0.05, 0.1) is 9.71 Å². The molecule has 0 saturated carbocycles. The highest BCUT2D eigenvalue weighted by atomic mass is 32.1. The SMILES string of the molecule is CCC(Oc1cccc2sc(C(C)CC)nc12)C(=O)O. The summed E-state index contributed by atoms with van der Waals surface area (Å²) in [6.07, 6.45) is 0.630. The van der Waals surface area contributed by atoms with Crippen LogP contribution in [0.4, 0.5) is 0 Å². The van der Waals surface area contributed by atoms with E-state index in [1.54, 1.807) is 24.3 Å². The Morgan fingerprint density at radius 3 is 2.75 bits per heavy atom. The minimum Gasteiger partial charge on any atom is -0.479 e. The third-order valence-corrected chi connectivity index (χ3v) is 4.60. The van der Waals surface area contributed by atoms with Crippen molar-refractivity contribution in [3.05, 3.63) is 23.2 Å². The van der Waals surface area contributed by atoms with Crippen molar-refractivity contribution in [2.45, 2.75) is 45.6 Å². The van der Waals surface area contributed by atoms with Gasteiger partial charge in [-0.15, -0.1) is 11.3 Å². The number of thiazole rings is 1. The monoisotopic (exact) mass is 293 g/mol. The quantitative estimate of drug-likeness (QED) is 0.872. The summed E-state index contributed by atoms with van der Waals surface area (Å²) < 4.78 is 6.65. The first kappa shape index (κ1) is 14.8. The molecule has 2 aromatic rings. The zero-order valence-corrected chi connectivity index (χ0v) is 12.7. The summed E-state index contributed by atoms with van der Waals surface area (Å²) in [5.74, 6) is 0.0196. The Hall–Kier alpha value is -1.62. The van der Waals surface area contributed by atoms with Crippen LogP contribution in [0.1, 0.15) is 44.5 Å². The lowest BCUT2D eigenvalue weighted by molar-refractivity contribution is -0.145. The molecule has 20 heavy (non-hydrogen) atoms. The number of ether oxygens (including phenoxy) is 1. The second kappa shape index (κ2) is 6.22. The van der Waals surface area contributed by atoms with Gasteiger partial charge in [0.1, 0.15) is 11.3 Å². The van der Waals surface area contributed by atoms with Gasteiger partial charge in [-0.2, -0.15) is 0 Å². The van der Waals surface area contributed by atoms with E-state index >= 15 is 0 Å². The van der Waals surface area contributed by atoms with Crippen LogP contribution in [0.15, 0.2) is 18.2 Å². The summed E-state index contributed by atoms with van der Waals surface area (Å²) in [7, 11) is 0. The van der Waals surface area contributed by atoms with Gasteiger partial charge in [-0.3, -0.25) is 0 Å². The number of para-hydroxylation sites is 1. The molecule has 0 bridgehead atoms. The number of fused-ring (bicyclic) bond motifs is 1. The van der Waals surface area contributed by atoms with E-state index in [9.17, 15) is 4.79 Å². The zero-order chi connectivity index (χ0) is 14.7. The van der Waals surface area contributed by atoms with Crippen molar-refractivity contribution in [3.8, 4) is 5.75 Å². The van der Waals surface area contributed by atoms with Crippen molar-refractivity contribution >= 4 is 27.5 Å². The fourth-order valence-corrected chi connectivity index (χ4v) is 3.00. The smallest absolute Gasteiger partial charge is 0.344 e. The van der Waals surface area contributed by atoms with E-state index in [0.717, 1.165) is 21.6 Å². The predicted molar refractivity (Wildman–Crippen MR) is 80.7 cm³/mol. The van der Waals surface area contributed by atoms with Crippen LogP contribution in [0.3, 0.4) is 0 Å². The first-order valence-corrected chi connectivity index (χ1v) is 7.67. The number of benzene rings is 1. The lowest BCUT2D eigenvalue weighted by Crippen LogP contribution is -2.25. The van der Waals surface area contributed by atoms with E-state index in [0.29, 0.717) is 18.1 Å². The maximum Gasteiger partial charge on any atom is 0.344 e. The summed E-state index contributed by atoms with van der Waals surface area (Å²) in [5.41, 5.74) is 0.771. The third-order valence-electron chi connectivity index (χ3n) is 3.35. The van der Waals surface area contributed by atoms with Gasteiger partial charge in [-0.25, -0.2) is 9.78 Å². The molecule has 108 valence electrons. The summed E-state index contributed by atoms with van der Waals surface area (Å²) in [4.78, 5) is 15.7. The molecule has 0 aliphatic heterocycles. The average molecular weight is 293 g/mol. The van der Waals surface area contributed by atoms with E-state index in [1.165, 1.54) is 0 Å². The van der Waals surface area contributed by atoms with Crippen LogP contribution in [-0.2, 0) is 4.79 Å². The number of aliphatic carboxylic acids is 1. The highest BCUT2D eigenvalue weighted by Gasteiger charge is 2.19. The minimum atomic E-state index is -0.943. The molecule has 2 rings (SSSR count). The van der Waals surface area contributed by atoms with E-state index in [1.807, 2.05) is 12.1 Å². The molecule has 2 atom stereocenters. The van der Waals surface area contributed by atoms with Gasteiger partial charge in [-0.05, 0) is 25.0 Å². The van der Waals surface area contributed by atoms with Gasteiger partial charge in [0.15, 0.2) is 6.10 Å². The van der Waals surface area contributed by atoms with E-state index in [-0.39, 0.29) is 0 Å². The highest BCUT2D eigenvalue weighted by Crippen LogP contribution is 2.34. The average Bonchev–Trinajstić information content (AvgIpc) is 2.88. The first-order valence-electron chi connectivity index (χ1n) is 6.85. The van der Waals surface area contributed by atoms with Gasteiger partial charge in [0, 0.05) is 5.92 Å². The molecule has 0 amide bonds. The van der Waals surface area contributed by atoms with Crippen LogP contribution in [0.2, 0.25) is 0 Å². The molecular formula is C15H19NO3S. The number of aromatic nitrogens is 1. The number of carbonyl (C=O) groups is 1. The Morgan fingerprint density at radius 1 is 1.40 bits per heavy atom. The topological polar surface area (TPSA) is 59.4 Å². The maximum atomic E-state index is 11.1. The van der Waals surface area contributed by atoms with Gasteiger partial charge in [0.2, 0.25) is 0 Å². The Bertz CT molecular complexity index is 608. The fraction of sp³-hybridized carbons (Fsp3) is 0.467. The molecule has 0 fully saturated rings. The highest BCUT2D eigenvalue weighted by molar-refractivity contribution is 7.18. The maximum absolute atomic E-state index is 11.1. The normalized spacial score (nSPS) is 14.2. The van der Waals surface area contributed by atoms with E-state index in [4.69, 9.17) is 9.84 Å². The second-order valence-corrected chi connectivity index (χ2v) is 5.88. The van der Waals surface area contributed by atoms with Crippen LogP contribution >= 0.6 is 11.3 Å². The van der Waals surface area contributed by atoms with Crippen molar-refractivity contribution in [2.24, 2.45) is 0 Å². The molecule has 0 saturated heterocycles. The van der Waals surface area contributed by atoms with Crippen molar-refractivity contribution in [1.82, 2.24) is 4.98 Å². The molecule has 0 radical (unpaired) electrons. The summed E-state index contributed by atoms with van der Waals surface area (Å²) in [6.45, 7) is 6.07. The molecule has 1 aromatic carbocycles. The number of carboxylic acid groups (broad SMARTS) is 1. The molecule has 4 nitrogen and oxygen atoms in total. The number of hydrogen-bond acceptors (Lipinski definition) is 4. The number of carboxylic acids is 1. The number of nitrogens with zero attached hydrogens (tertiary/aromatic N) is 1. The second-order valence-electron chi connectivity index (χ2n) is 4.82. The molecule has 0 spiro atoms. The molecule has 2 unspecified atom stereocenters. The molecule has 0 aliphatic carbocycles. The van der Waals surface area contributed by atoms with Gasteiger partial charge < -0.3 is 9.84 Å². The lowest BCUT2D eigenvalue weighted by Gasteiger charge is -2.13. The lowest BCUT2D eigenvalue weighted by atomic mass is 10.1. The van der Waals surface area contributed by atoms with E-state index in [2.05, 4.69) is 18.8 Å². The van der Waals surface area contributed by atoms with Crippen LogP contribution in [0.5, 0.6) is 5.75 Å². The minimum absolute atomic E-state index is 0.404. The standard InChI is InChI=1S/C15H19NO3S/c1-4-9(3)14-16-13-11(7-6-8-12(13)20-14)19-10(5-2)15(17)18/h6-10H,4-5H2,1-3H3,(H,17,18). The summed E-state index contributed by atoms with van der Waals surface area (Å²) in [6, 6.07) is 5.66. The first-order chi connectivity index (χ1) is 9.56. The third kappa shape index (κ3) is 2.93. The summed E-state index contributed by atoms with van der Waals surface area (Å²) >= 11 is 1.65. The van der Waals surface area contributed by atoms with Crippen molar-refractivity contribution < 1.29 is 14.6 Å². The summed E-state index contributed by atoms with van der Waals surface area (Å²) in [5, 5.41) is 10.2. The Morgan fingerprint density at radius 2 is 2.15 bits per heavy atom. The van der Waals surface area contributed by atoms with Crippen molar-refractivity contribution in [2.75, 3.05) is 0 Å². The number of rotatable bonds is 6. The molecule has 5 heteroatoms. The Kier molecular flexibility index (Phi) is 4.60. The Balaban J connectivity index is 2.38. The van der Waals surface area contributed by atoms with E-state index < -0.39 is 12.1 Å². The van der Waals surface area contributed by atoms with Gasteiger partial charge in [0.25, 0.3) is 0 Å². The number of hydrogen-bond donors (Lipinski definition) is 1. The zero-order valence-electron chi connectivity index (χ0n) is 11.9. The Labute approximate surface area is 122 Å². The van der Waals surface area contributed by atoms with Crippen molar-refractivity contribution in [3.63, 3.8) is 0 Å².